The van der Waals surface area contributed by atoms with Crippen molar-refractivity contribution >= 4 is 22.5 Å². The van der Waals surface area contributed by atoms with Gasteiger partial charge in [-0.05, 0) is 39.5 Å². The number of hydrogen-bond donors (Lipinski definition) is 1. The van der Waals surface area contributed by atoms with E-state index in [1.807, 2.05) is 11.5 Å². The molecule has 0 amide bonds. The minimum Gasteiger partial charge on any atom is -0.383 e. The fraction of sp³-hybridized carbons (Fsp3) is 0.556. The van der Waals surface area contributed by atoms with Gasteiger partial charge in [-0.25, -0.2) is 14.8 Å². The van der Waals surface area contributed by atoms with Crippen LogP contribution in [-0.4, -0.2) is 28.8 Å². The van der Waals surface area contributed by atoms with Gasteiger partial charge in [0.05, 0.1) is 18.6 Å². The molecule has 144 valence electrons. The third-order valence-corrected chi connectivity index (χ3v) is 6.30. The zero-order chi connectivity index (χ0) is 19.5. The molecule has 3 heterocycles. The number of aryl methyl sites for hydroxylation is 2. The van der Waals surface area contributed by atoms with Crippen molar-refractivity contribution in [3.63, 3.8) is 0 Å². The smallest absolute Gasteiger partial charge is 0.332 e. The van der Waals surface area contributed by atoms with Crippen LogP contribution in [0.1, 0.15) is 42.3 Å². The molecule has 0 spiro atoms. The van der Waals surface area contributed by atoms with Crippen molar-refractivity contribution in [1.82, 2.24) is 23.7 Å². The van der Waals surface area contributed by atoms with E-state index in [-0.39, 0.29) is 12.1 Å². The van der Waals surface area contributed by atoms with E-state index in [1.54, 1.807) is 27.2 Å². The number of aromatic nitrogens is 5. The lowest BCUT2D eigenvalue weighted by molar-refractivity contribution is 0.0781. The second-order valence-corrected chi connectivity index (χ2v) is 9.03. The van der Waals surface area contributed by atoms with E-state index in [4.69, 9.17) is 0 Å². The molecule has 3 aromatic rings. The monoisotopic (exact) mass is 389 g/mol. The van der Waals surface area contributed by atoms with E-state index >= 15 is 0 Å². The summed E-state index contributed by atoms with van der Waals surface area (Å²) in [6.45, 7) is 6.05. The third kappa shape index (κ3) is 3.14. The van der Waals surface area contributed by atoms with Crippen molar-refractivity contribution in [2.24, 2.45) is 13.0 Å². The highest BCUT2D eigenvalue weighted by Crippen LogP contribution is 2.31. The van der Waals surface area contributed by atoms with Gasteiger partial charge in [-0.3, -0.25) is 13.9 Å². The Morgan fingerprint density at radius 2 is 2.04 bits per heavy atom. The second-order valence-electron chi connectivity index (χ2n) is 7.83. The van der Waals surface area contributed by atoms with Crippen molar-refractivity contribution in [1.29, 1.82) is 0 Å². The molecule has 1 aliphatic rings. The summed E-state index contributed by atoms with van der Waals surface area (Å²) in [5.74, 6) is 0.586. The normalized spacial score (nSPS) is 15.0. The fourth-order valence-electron chi connectivity index (χ4n) is 3.16. The summed E-state index contributed by atoms with van der Waals surface area (Å²) in [6, 6.07) is 0. The topological polar surface area (TPSA) is 94.9 Å². The lowest BCUT2D eigenvalue weighted by Crippen LogP contribution is -2.40. The highest BCUT2D eigenvalue weighted by molar-refractivity contribution is 7.11. The molecule has 0 radical (unpaired) electrons. The van der Waals surface area contributed by atoms with E-state index in [2.05, 4.69) is 9.97 Å². The molecular weight excluding hydrogens is 366 g/mol. The molecule has 1 N–H and O–H groups in total. The molecule has 1 saturated carbocycles. The van der Waals surface area contributed by atoms with E-state index < -0.39 is 11.3 Å². The van der Waals surface area contributed by atoms with Gasteiger partial charge in [0.2, 0.25) is 0 Å². The Balaban J connectivity index is 1.83. The molecule has 0 saturated heterocycles. The summed E-state index contributed by atoms with van der Waals surface area (Å²) in [4.78, 5) is 35.5. The lowest BCUT2D eigenvalue weighted by Gasteiger charge is -2.12. The van der Waals surface area contributed by atoms with Crippen LogP contribution in [0.25, 0.3) is 11.2 Å². The predicted molar refractivity (Wildman–Crippen MR) is 103 cm³/mol. The molecular formula is C18H23N5O3S. The predicted octanol–water partition coefficient (Wildman–Crippen LogP) is 1.35. The average Bonchev–Trinajstić information content (AvgIpc) is 3.17. The standard InChI is InChI=1S/C18H23N5O3S/c1-10-12(20-16(27-10)18(2,3)26)8-23-15(24)13-14(21(4)17(23)25)19-9-22(13)7-11-5-6-11/h9,11,26H,5-8H2,1-4H3. The minimum atomic E-state index is -1.06. The number of thiazole rings is 1. The van der Waals surface area contributed by atoms with Crippen LogP contribution < -0.4 is 11.2 Å². The molecule has 0 atom stereocenters. The van der Waals surface area contributed by atoms with Gasteiger partial charge >= 0.3 is 5.69 Å². The van der Waals surface area contributed by atoms with Crippen LogP contribution in [0.4, 0.5) is 0 Å². The molecule has 0 bridgehead atoms. The van der Waals surface area contributed by atoms with Crippen LogP contribution in [0.5, 0.6) is 0 Å². The highest BCUT2D eigenvalue weighted by Gasteiger charge is 2.26. The lowest BCUT2D eigenvalue weighted by atomic mass is 10.1. The number of rotatable bonds is 5. The molecule has 1 fully saturated rings. The summed E-state index contributed by atoms with van der Waals surface area (Å²) < 4.78 is 4.49. The van der Waals surface area contributed by atoms with Crippen LogP contribution in [0, 0.1) is 12.8 Å². The maximum Gasteiger partial charge on any atom is 0.332 e. The molecule has 4 rings (SSSR count). The molecule has 9 heteroatoms. The third-order valence-electron chi connectivity index (χ3n) is 4.98. The van der Waals surface area contributed by atoms with Gasteiger partial charge in [0.25, 0.3) is 5.56 Å². The molecule has 8 nitrogen and oxygen atoms in total. The van der Waals surface area contributed by atoms with Crippen molar-refractivity contribution < 1.29 is 5.11 Å². The molecule has 27 heavy (non-hydrogen) atoms. The van der Waals surface area contributed by atoms with E-state index in [9.17, 15) is 14.7 Å². The van der Waals surface area contributed by atoms with Crippen molar-refractivity contribution in [3.05, 3.63) is 42.7 Å². The Labute approximate surface area is 159 Å². The summed E-state index contributed by atoms with van der Waals surface area (Å²) in [5.41, 5.74) is -0.321. The van der Waals surface area contributed by atoms with Crippen molar-refractivity contribution in [2.45, 2.75) is 52.3 Å². The summed E-state index contributed by atoms with van der Waals surface area (Å²) in [5, 5.41) is 10.8. The molecule has 0 aromatic carbocycles. The van der Waals surface area contributed by atoms with E-state index in [0.29, 0.717) is 27.8 Å². The van der Waals surface area contributed by atoms with Gasteiger partial charge in [-0.1, -0.05) is 0 Å². The van der Waals surface area contributed by atoms with Crippen molar-refractivity contribution in [2.75, 3.05) is 0 Å². The number of aliphatic hydroxyl groups is 1. The van der Waals surface area contributed by atoms with Crippen LogP contribution in [0.3, 0.4) is 0 Å². The Kier molecular flexibility index (Phi) is 4.12. The summed E-state index contributed by atoms with van der Waals surface area (Å²) >= 11 is 1.38. The molecule has 3 aromatic heterocycles. The maximum absolute atomic E-state index is 13.1. The summed E-state index contributed by atoms with van der Waals surface area (Å²) in [6.07, 6.45) is 3.98. The zero-order valence-corrected chi connectivity index (χ0v) is 16.7. The van der Waals surface area contributed by atoms with Gasteiger partial charge in [-0.15, -0.1) is 11.3 Å². The van der Waals surface area contributed by atoms with Crippen LogP contribution in [0.15, 0.2) is 15.9 Å². The number of fused-ring (bicyclic) bond motifs is 1. The van der Waals surface area contributed by atoms with E-state index in [0.717, 1.165) is 24.3 Å². The van der Waals surface area contributed by atoms with Gasteiger partial charge in [-0.2, -0.15) is 0 Å². The quantitative estimate of drug-likeness (QED) is 0.711. The fourth-order valence-corrected chi connectivity index (χ4v) is 4.09. The Bertz CT molecular complexity index is 1140. The highest BCUT2D eigenvalue weighted by atomic mass is 32.1. The second kappa shape index (κ2) is 6.13. The van der Waals surface area contributed by atoms with Crippen LogP contribution in [0.2, 0.25) is 0 Å². The van der Waals surface area contributed by atoms with Crippen molar-refractivity contribution in [3.8, 4) is 0 Å². The Morgan fingerprint density at radius 3 is 2.63 bits per heavy atom. The first-order chi connectivity index (χ1) is 12.7. The number of hydrogen-bond acceptors (Lipinski definition) is 6. The SMILES string of the molecule is Cc1sc(C(C)(C)O)nc1Cn1c(=O)c2c(ncn2CC2CC2)n(C)c1=O. The van der Waals surface area contributed by atoms with Crippen LogP contribution >= 0.6 is 11.3 Å². The van der Waals surface area contributed by atoms with Gasteiger partial charge in [0.15, 0.2) is 11.2 Å². The molecule has 1 aliphatic carbocycles. The number of imidazole rings is 1. The first kappa shape index (κ1) is 18.1. The van der Waals surface area contributed by atoms with Crippen LogP contribution in [-0.2, 0) is 25.7 Å². The zero-order valence-electron chi connectivity index (χ0n) is 15.9. The minimum absolute atomic E-state index is 0.0778. The summed E-state index contributed by atoms with van der Waals surface area (Å²) in [7, 11) is 1.63. The first-order valence-corrected chi connectivity index (χ1v) is 9.82. The molecule has 0 unspecified atom stereocenters. The Morgan fingerprint density at radius 1 is 1.33 bits per heavy atom. The Hall–Kier alpha value is -2.26. The number of nitrogens with zero attached hydrogens (tertiary/aromatic N) is 5. The van der Waals surface area contributed by atoms with Gasteiger partial charge in [0.1, 0.15) is 10.6 Å². The van der Waals surface area contributed by atoms with Gasteiger partial charge < -0.3 is 9.67 Å². The largest absolute Gasteiger partial charge is 0.383 e. The van der Waals surface area contributed by atoms with Gasteiger partial charge in [0, 0.05) is 18.5 Å². The first-order valence-electron chi connectivity index (χ1n) is 9.00. The molecule has 0 aliphatic heterocycles. The van der Waals surface area contributed by atoms with E-state index in [1.165, 1.54) is 20.5 Å². The maximum atomic E-state index is 13.1. The average molecular weight is 389 g/mol.